The number of nitrogens with zero attached hydrogens (tertiary/aromatic N) is 2. The van der Waals surface area contributed by atoms with Gasteiger partial charge in [-0.15, -0.1) is 0 Å². The molecule has 3 rings (SSSR count). The SMILES string of the molecule is CC(C)CNC(=O)C(C)N(Cc1ccccc1Cl)C(=O)CN(c1ccc(F)cc1)S(=O)(=O)c1ccccc1. The number of halogens is 2. The van der Waals surface area contributed by atoms with Crippen molar-refractivity contribution in [2.45, 2.75) is 38.3 Å². The Morgan fingerprint density at radius 3 is 2.13 bits per heavy atom. The van der Waals surface area contributed by atoms with Crippen LogP contribution in [0, 0.1) is 11.7 Å². The van der Waals surface area contributed by atoms with Gasteiger partial charge in [0.05, 0.1) is 10.6 Å². The van der Waals surface area contributed by atoms with E-state index in [-0.39, 0.29) is 29.0 Å². The first-order valence-electron chi connectivity index (χ1n) is 12.1. The Labute approximate surface area is 228 Å². The zero-order valence-electron chi connectivity index (χ0n) is 21.5. The van der Waals surface area contributed by atoms with Gasteiger partial charge in [-0.25, -0.2) is 12.8 Å². The van der Waals surface area contributed by atoms with E-state index >= 15 is 0 Å². The van der Waals surface area contributed by atoms with Crippen LogP contribution in [0.4, 0.5) is 10.1 Å². The minimum absolute atomic E-state index is 0.0165. The highest BCUT2D eigenvalue weighted by Crippen LogP contribution is 2.25. The lowest BCUT2D eigenvalue weighted by Gasteiger charge is -2.32. The van der Waals surface area contributed by atoms with Crippen LogP contribution in [-0.2, 0) is 26.2 Å². The molecule has 0 saturated heterocycles. The van der Waals surface area contributed by atoms with Gasteiger partial charge in [0.15, 0.2) is 0 Å². The Hall–Kier alpha value is -3.43. The van der Waals surface area contributed by atoms with Gasteiger partial charge >= 0.3 is 0 Å². The van der Waals surface area contributed by atoms with Gasteiger partial charge in [0.1, 0.15) is 18.4 Å². The first kappa shape index (κ1) is 29.1. The summed E-state index contributed by atoms with van der Waals surface area (Å²) in [4.78, 5) is 28.0. The average molecular weight is 560 g/mol. The largest absolute Gasteiger partial charge is 0.354 e. The van der Waals surface area contributed by atoms with Crippen molar-refractivity contribution in [1.29, 1.82) is 0 Å². The van der Waals surface area contributed by atoms with Crippen molar-refractivity contribution in [3.8, 4) is 0 Å². The molecule has 7 nitrogen and oxygen atoms in total. The summed E-state index contributed by atoms with van der Waals surface area (Å²) in [5.74, 6) is -1.35. The zero-order valence-corrected chi connectivity index (χ0v) is 23.0. The van der Waals surface area contributed by atoms with E-state index < -0.39 is 34.3 Å². The minimum atomic E-state index is -4.21. The Bertz CT molecular complexity index is 1350. The molecular weight excluding hydrogens is 529 g/mol. The Morgan fingerprint density at radius 2 is 1.53 bits per heavy atom. The van der Waals surface area contributed by atoms with Crippen LogP contribution in [0.25, 0.3) is 0 Å². The molecule has 0 saturated carbocycles. The number of benzene rings is 3. The van der Waals surface area contributed by atoms with E-state index in [1.807, 2.05) is 13.8 Å². The molecule has 0 fully saturated rings. The van der Waals surface area contributed by atoms with Crippen molar-refractivity contribution in [3.05, 3.63) is 95.3 Å². The van der Waals surface area contributed by atoms with E-state index in [2.05, 4.69) is 5.32 Å². The molecule has 0 aliphatic rings. The van der Waals surface area contributed by atoms with Gasteiger partial charge in [0.2, 0.25) is 11.8 Å². The molecule has 0 bridgehead atoms. The molecule has 202 valence electrons. The Balaban J connectivity index is 2.00. The number of carbonyl (C=O) groups is 2. The predicted octanol–water partition coefficient (Wildman–Crippen LogP) is 4.86. The van der Waals surface area contributed by atoms with Crippen molar-refractivity contribution < 1.29 is 22.4 Å². The third-order valence-corrected chi connectivity index (χ3v) is 8.03. The summed E-state index contributed by atoms with van der Waals surface area (Å²) in [6.07, 6.45) is 0. The van der Waals surface area contributed by atoms with E-state index in [9.17, 15) is 22.4 Å². The Kier molecular flexibility index (Phi) is 9.88. The van der Waals surface area contributed by atoms with Gasteiger partial charge in [-0.05, 0) is 60.9 Å². The second-order valence-corrected chi connectivity index (χ2v) is 11.5. The van der Waals surface area contributed by atoms with Crippen molar-refractivity contribution in [1.82, 2.24) is 10.2 Å². The number of carbonyl (C=O) groups excluding carboxylic acids is 2. The van der Waals surface area contributed by atoms with E-state index in [1.165, 1.54) is 29.2 Å². The number of nitrogens with one attached hydrogen (secondary N) is 1. The van der Waals surface area contributed by atoms with Crippen molar-refractivity contribution in [3.63, 3.8) is 0 Å². The van der Waals surface area contributed by atoms with Crippen LogP contribution >= 0.6 is 11.6 Å². The minimum Gasteiger partial charge on any atom is -0.354 e. The molecule has 0 radical (unpaired) electrons. The van der Waals surface area contributed by atoms with Crippen molar-refractivity contribution >= 4 is 39.1 Å². The lowest BCUT2D eigenvalue weighted by atomic mass is 10.1. The van der Waals surface area contributed by atoms with Gasteiger partial charge in [-0.1, -0.05) is 61.8 Å². The van der Waals surface area contributed by atoms with Crippen molar-refractivity contribution in [2.75, 3.05) is 17.4 Å². The zero-order chi connectivity index (χ0) is 27.9. The van der Waals surface area contributed by atoms with Gasteiger partial charge < -0.3 is 10.2 Å². The maximum Gasteiger partial charge on any atom is 0.264 e. The molecule has 0 heterocycles. The second-order valence-electron chi connectivity index (χ2n) is 9.23. The van der Waals surface area contributed by atoms with Crippen LogP contribution in [-0.4, -0.2) is 44.3 Å². The molecule has 1 atom stereocenters. The predicted molar refractivity (Wildman–Crippen MR) is 147 cm³/mol. The normalized spacial score (nSPS) is 12.2. The first-order valence-corrected chi connectivity index (χ1v) is 14.0. The van der Waals surface area contributed by atoms with Crippen LogP contribution in [0.5, 0.6) is 0 Å². The molecule has 3 aromatic carbocycles. The fourth-order valence-electron chi connectivity index (χ4n) is 3.70. The number of anilines is 1. The molecule has 10 heteroatoms. The Morgan fingerprint density at radius 1 is 0.921 bits per heavy atom. The summed E-state index contributed by atoms with van der Waals surface area (Å²) < 4.78 is 41.8. The molecule has 2 amide bonds. The second kappa shape index (κ2) is 12.9. The van der Waals surface area contributed by atoms with E-state index in [4.69, 9.17) is 11.6 Å². The quantitative estimate of drug-likeness (QED) is 0.363. The summed E-state index contributed by atoms with van der Waals surface area (Å²) in [5, 5.41) is 3.24. The summed E-state index contributed by atoms with van der Waals surface area (Å²) in [7, 11) is -4.21. The summed E-state index contributed by atoms with van der Waals surface area (Å²) in [5.41, 5.74) is 0.712. The number of rotatable bonds is 11. The first-order chi connectivity index (χ1) is 18.0. The number of sulfonamides is 1. The summed E-state index contributed by atoms with van der Waals surface area (Å²) in [6, 6.07) is 18.5. The highest BCUT2D eigenvalue weighted by Gasteiger charge is 2.32. The molecule has 3 aromatic rings. The lowest BCUT2D eigenvalue weighted by Crippen LogP contribution is -2.51. The maximum atomic E-state index is 13.8. The fraction of sp³-hybridized carbons (Fsp3) is 0.286. The maximum absolute atomic E-state index is 13.8. The van der Waals surface area contributed by atoms with Crippen LogP contribution in [0.15, 0.2) is 83.8 Å². The molecule has 1 unspecified atom stereocenters. The van der Waals surface area contributed by atoms with Gasteiger partial charge in [0, 0.05) is 18.1 Å². The molecule has 1 N–H and O–H groups in total. The van der Waals surface area contributed by atoms with Crippen LogP contribution in [0.3, 0.4) is 0 Å². The third-order valence-electron chi connectivity index (χ3n) is 5.88. The third kappa shape index (κ3) is 7.33. The lowest BCUT2D eigenvalue weighted by molar-refractivity contribution is -0.139. The van der Waals surface area contributed by atoms with Gasteiger partial charge in [-0.2, -0.15) is 0 Å². The average Bonchev–Trinajstić information content (AvgIpc) is 2.90. The fourth-order valence-corrected chi connectivity index (χ4v) is 5.33. The van der Waals surface area contributed by atoms with Crippen LogP contribution in [0.2, 0.25) is 5.02 Å². The topological polar surface area (TPSA) is 86.8 Å². The highest BCUT2D eigenvalue weighted by molar-refractivity contribution is 7.92. The molecule has 38 heavy (non-hydrogen) atoms. The van der Waals surface area contributed by atoms with E-state index in [0.29, 0.717) is 17.1 Å². The van der Waals surface area contributed by atoms with Gasteiger partial charge in [-0.3, -0.25) is 13.9 Å². The van der Waals surface area contributed by atoms with Crippen molar-refractivity contribution in [2.24, 2.45) is 5.92 Å². The number of amides is 2. The highest BCUT2D eigenvalue weighted by atomic mass is 35.5. The number of hydrogen-bond acceptors (Lipinski definition) is 4. The van der Waals surface area contributed by atoms with Crippen LogP contribution in [0.1, 0.15) is 26.3 Å². The molecule has 0 aromatic heterocycles. The standard InChI is InChI=1S/C28H31ClFN3O4S/c1-20(2)17-31-28(35)21(3)32(18-22-9-7-8-12-26(22)29)27(34)19-33(24-15-13-23(30)14-16-24)38(36,37)25-10-5-4-6-11-25/h4-16,20-21H,17-19H2,1-3H3,(H,31,35). The molecular formula is C28H31ClFN3O4S. The van der Waals surface area contributed by atoms with Gasteiger partial charge in [0.25, 0.3) is 10.0 Å². The van der Waals surface area contributed by atoms with E-state index in [1.54, 1.807) is 49.4 Å². The summed E-state index contributed by atoms with van der Waals surface area (Å²) >= 11 is 6.35. The smallest absolute Gasteiger partial charge is 0.264 e. The molecule has 0 aliphatic carbocycles. The molecule has 0 spiro atoms. The monoisotopic (exact) mass is 559 g/mol. The molecule has 0 aliphatic heterocycles. The van der Waals surface area contributed by atoms with Crippen LogP contribution < -0.4 is 9.62 Å². The van der Waals surface area contributed by atoms with E-state index in [0.717, 1.165) is 16.4 Å². The summed E-state index contributed by atoms with van der Waals surface area (Å²) in [6.45, 7) is 5.27. The number of hydrogen-bond donors (Lipinski definition) is 1.